The van der Waals surface area contributed by atoms with Gasteiger partial charge in [0.1, 0.15) is 0 Å². The fourth-order valence-corrected chi connectivity index (χ4v) is 12.1. The molecule has 11 heteroatoms. The van der Waals surface area contributed by atoms with E-state index in [2.05, 4.69) is 6.92 Å². The second-order valence-electron chi connectivity index (χ2n) is 14.9. The number of rotatable bonds is 6. The maximum atomic E-state index is 14.0. The van der Waals surface area contributed by atoms with Crippen molar-refractivity contribution in [3.8, 4) is 0 Å². The van der Waals surface area contributed by atoms with E-state index in [1.54, 1.807) is 13.0 Å². The zero-order chi connectivity index (χ0) is 32.7. The molecule has 0 aromatic heterocycles. The van der Waals surface area contributed by atoms with E-state index in [1.807, 2.05) is 13.0 Å². The van der Waals surface area contributed by atoms with Crippen molar-refractivity contribution in [3.05, 3.63) is 42.0 Å². The first kappa shape index (κ1) is 33.8. The van der Waals surface area contributed by atoms with Crippen molar-refractivity contribution in [3.63, 3.8) is 0 Å². The summed E-state index contributed by atoms with van der Waals surface area (Å²) in [7, 11) is -4.25. The first-order valence-electron chi connectivity index (χ1n) is 15.7. The molecule has 1 unspecified atom stereocenters. The lowest BCUT2D eigenvalue weighted by Crippen LogP contribution is -2.56. The van der Waals surface area contributed by atoms with Crippen molar-refractivity contribution in [1.82, 2.24) is 0 Å². The summed E-state index contributed by atoms with van der Waals surface area (Å²) in [4.78, 5) is -0.0766. The molecule has 4 nitrogen and oxygen atoms in total. The van der Waals surface area contributed by atoms with Crippen LogP contribution in [0.4, 0.5) is 26.3 Å². The molecule has 3 fully saturated rings. The Hall–Kier alpha value is -1.59. The van der Waals surface area contributed by atoms with Crippen LogP contribution < -0.4 is 0 Å². The van der Waals surface area contributed by atoms with Gasteiger partial charge in [0.25, 0.3) is 0 Å². The van der Waals surface area contributed by atoms with E-state index < -0.39 is 62.8 Å². The van der Waals surface area contributed by atoms with Gasteiger partial charge in [-0.15, -0.1) is 0 Å². The van der Waals surface area contributed by atoms with Crippen molar-refractivity contribution < 1.29 is 45.0 Å². The van der Waals surface area contributed by atoms with Crippen LogP contribution in [0.3, 0.4) is 0 Å². The number of aliphatic hydroxyl groups is 2. The number of sulfone groups is 1. The fraction of sp³-hybridized carbons (Fsp3) is 0.758. The third-order valence-electron chi connectivity index (χ3n) is 12.7. The smallest absolute Gasteiger partial charge is 0.381 e. The van der Waals surface area contributed by atoms with Gasteiger partial charge < -0.3 is 10.2 Å². The Kier molecular flexibility index (Phi) is 8.23. The molecule has 2 N–H and O–H groups in total. The van der Waals surface area contributed by atoms with Gasteiger partial charge in [-0.05, 0) is 104 Å². The number of allylic oxidation sites excluding steroid dienone is 1. The highest BCUT2D eigenvalue weighted by molar-refractivity contribution is 7.92. The monoisotopic (exact) mass is 650 g/mol. The van der Waals surface area contributed by atoms with Crippen molar-refractivity contribution in [2.45, 2.75) is 119 Å². The molecule has 10 atom stereocenters. The second-order valence-corrected chi connectivity index (χ2v) is 17.1. The van der Waals surface area contributed by atoms with E-state index in [9.17, 15) is 45.0 Å². The molecule has 1 aromatic rings. The summed E-state index contributed by atoms with van der Waals surface area (Å²) < 4.78 is 111. The van der Waals surface area contributed by atoms with Crippen LogP contribution in [0, 0.1) is 40.4 Å². The molecular formula is C33H44F6O4S. The van der Waals surface area contributed by atoms with Gasteiger partial charge >= 0.3 is 12.4 Å². The Morgan fingerprint density at radius 2 is 1.59 bits per heavy atom. The Labute approximate surface area is 256 Å². The van der Waals surface area contributed by atoms with Crippen LogP contribution in [-0.2, 0) is 9.84 Å². The molecule has 0 amide bonds. The van der Waals surface area contributed by atoms with Crippen LogP contribution in [0.15, 0.2) is 46.9 Å². The normalized spacial score (nSPS) is 38.9. The van der Waals surface area contributed by atoms with Crippen LogP contribution in [-0.4, -0.2) is 47.4 Å². The third-order valence-corrected chi connectivity index (χ3v) is 15.0. The van der Waals surface area contributed by atoms with Crippen molar-refractivity contribution >= 4 is 9.84 Å². The summed E-state index contributed by atoms with van der Waals surface area (Å²) in [5.41, 5.74) is -6.12. The number of fused-ring (bicyclic) bond motifs is 5. The van der Waals surface area contributed by atoms with Crippen molar-refractivity contribution in [1.29, 1.82) is 0 Å². The predicted molar refractivity (Wildman–Crippen MR) is 154 cm³/mol. The predicted octanol–water partition coefficient (Wildman–Crippen LogP) is 8.04. The van der Waals surface area contributed by atoms with E-state index in [-0.39, 0.29) is 46.8 Å². The molecule has 0 radical (unpaired) electrons. The average molecular weight is 651 g/mol. The Bertz CT molecular complexity index is 1370. The Morgan fingerprint density at radius 3 is 2.18 bits per heavy atom. The van der Waals surface area contributed by atoms with Gasteiger partial charge in [-0.3, -0.25) is 0 Å². The fourth-order valence-electron chi connectivity index (χ4n) is 9.92. The molecule has 5 rings (SSSR count). The number of hydrogen-bond donors (Lipinski definition) is 2. The molecule has 0 spiro atoms. The lowest BCUT2D eigenvalue weighted by molar-refractivity contribution is -0.271. The van der Waals surface area contributed by atoms with Crippen LogP contribution in [0.1, 0.15) is 85.5 Å². The van der Waals surface area contributed by atoms with Crippen LogP contribution in [0.5, 0.6) is 0 Å². The molecule has 1 aromatic carbocycles. The topological polar surface area (TPSA) is 74.6 Å². The molecule has 0 saturated heterocycles. The minimum absolute atomic E-state index is 0.0766. The summed E-state index contributed by atoms with van der Waals surface area (Å²) in [6.45, 7) is 6.47. The van der Waals surface area contributed by atoms with Crippen LogP contribution >= 0.6 is 0 Å². The van der Waals surface area contributed by atoms with Crippen LogP contribution in [0.25, 0.3) is 0 Å². The molecule has 0 bridgehead atoms. The zero-order valence-corrected chi connectivity index (χ0v) is 26.5. The molecule has 44 heavy (non-hydrogen) atoms. The summed E-state index contributed by atoms with van der Waals surface area (Å²) in [5, 5.41) is 19.5. The van der Waals surface area contributed by atoms with Gasteiger partial charge in [0.05, 0.1) is 10.1 Å². The van der Waals surface area contributed by atoms with Gasteiger partial charge in [-0.2, -0.15) is 26.3 Å². The number of benzene rings is 1. The van der Waals surface area contributed by atoms with Crippen molar-refractivity contribution in [2.75, 3.05) is 0 Å². The first-order valence-corrected chi connectivity index (χ1v) is 17.2. The SMILES string of the molecule is C[C@H](C(C[C@](C)(O)C(F)(F)F)S(=O)(=O)c1ccccc1)[C@H]1CC[C@H]2[C@@H]3CC=C4C[C@](O)(C(F)(F)F)CC[C@]4(C)[C@H]3CC[C@]12C. The van der Waals surface area contributed by atoms with E-state index in [1.165, 1.54) is 24.3 Å². The molecule has 0 heterocycles. The molecule has 248 valence electrons. The molecule has 0 aliphatic heterocycles. The average Bonchev–Trinajstić information content (AvgIpc) is 3.28. The van der Waals surface area contributed by atoms with Gasteiger partial charge in [0.15, 0.2) is 21.0 Å². The minimum atomic E-state index is -5.02. The summed E-state index contributed by atoms with van der Waals surface area (Å²) in [6.07, 6.45) is -6.01. The Morgan fingerprint density at radius 1 is 0.955 bits per heavy atom. The number of halogens is 6. The van der Waals surface area contributed by atoms with E-state index in [0.29, 0.717) is 31.8 Å². The van der Waals surface area contributed by atoms with Gasteiger partial charge in [0, 0.05) is 12.8 Å². The lowest BCUT2D eigenvalue weighted by atomic mass is 9.46. The summed E-state index contributed by atoms with van der Waals surface area (Å²) in [6, 6.07) is 7.43. The van der Waals surface area contributed by atoms with Gasteiger partial charge in [0.2, 0.25) is 0 Å². The Balaban J connectivity index is 1.45. The van der Waals surface area contributed by atoms with Crippen LogP contribution in [0.2, 0.25) is 0 Å². The van der Waals surface area contributed by atoms with Crippen molar-refractivity contribution in [2.24, 2.45) is 40.4 Å². The highest BCUT2D eigenvalue weighted by atomic mass is 32.2. The van der Waals surface area contributed by atoms with E-state index in [4.69, 9.17) is 0 Å². The lowest BCUT2D eigenvalue weighted by Gasteiger charge is -2.59. The van der Waals surface area contributed by atoms with Gasteiger partial charge in [-0.25, -0.2) is 8.42 Å². The standard InChI is InChI=1S/C33H44F6O4S/c1-20(27(19-30(4,40)32(34,35)36)44(42,43)22-8-6-5-7-9-22)24-12-13-25-23-11-10-21-18-31(41,33(37,38)39)17-16-28(21,2)26(23)14-15-29(24,25)3/h5-10,20,23-27,40-41H,11-19H2,1-4H3/t20-,23-,24+,25-,26-,27?,28-,29+,30-,31-/m0/s1. The highest BCUT2D eigenvalue weighted by Crippen LogP contribution is 2.68. The minimum Gasteiger partial charge on any atom is -0.381 e. The summed E-state index contributed by atoms with van der Waals surface area (Å²) >= 11 is 0. The summed E-state index contributed by atoms with van der Waals surface area (Å²) in [5.74, 6) is -0.514. The molecular weight excluding hydrogens is 606 g/mol. The van der Waals surface area contributed by atoms with E-state index in [0.717, 1.165) is 12.8 Å². The van der Waals surface area contributed by atoms with Gasteiger partial charge in [-0.1, -0.05) is 50.6 Å². The van der Waals surface area contributed by atoms with E-state index >= 15 is 0 Å². The maximum Gasteiger partial charge on any atom is 0.417 e. The first-order chi connectivity index (χ1) is 20.1. The number of hydrogen-bond acceptors (Lipinski definition) is 4. The quantitative estimate of drug-likeness (QED) is 0.242. The number of alkyl halides is 6. The molecule has 3 saturated carbocycles. The second kappa shape index (κ2) is 10.7. The zero-order valence-electron chi connectivity index (χ0n) is 25.7. The largest absolute Gasteiger partial charge is 0.417 e. The molecule has 4 aliphatic rings. The molecule has 4 aliphatic carbocycles. The third kappa shape index (κ3) is 5.24. The highest BCUT2D eigenvalue weighted by Gasteiger charge is 2.64. The maximum absolute atomic E-state index is 14.0.